The van der Waals surface area contributed by atoms with Gasteiger partial charge < -0.3 is 16.2 Å². The molecule has 118 valence electrons. The van der Waals surface area contributed by atoms with Crippen LogP contribution in [0.3, 0.4) is 0 Å². The zero-order chi connectivity index (χ0) is 16.6. The molecule has 3 rings (SSSR count). The third-order valence-corrected chi connectivity index (χ3v) is 3.58. The monoisotopic (exact) mass is 312 g/mol. The molecule has 1 amide bonds. The van der Waals surface area contributed by atoms with E-state index in [0.717, 1.165) is 11.3 Å². The zero-order valence-electron chi connectivity index (χ0n) is 12.7. The summed E-state index contributed by atoms with van der Waals surface area (Å²) in [7, 11) is 0. The maximum atomic E-state index is 12.3. The molecular formula is C15H16N6O2. The number of carbonyl (C=O) groups is 1. The van der Waals surface area contributed by atoms with E-state index in [9.17, 15) is 9.90 Å². The van der Waals surface area contributed by atoms with Crippen molar-refractivity contribution in [2.45, 2.75) is 20.3 Å². The van der Waals surface area contributed by atoms with E-state index in [-0.39, 0.29) is 24.0 Å². The summed E-state index contributed by atoms with van der Waals surface area (Å²) in [6.45, 7) is 3.64. The molecule has 0 saturated carbocycles. The molecule has 8 nitrogen and oxygen atoms in total. The van der Waals surface area contributed by atoms with Crippen molar-refractivity contribution >= 4 is 23.3 Å². The van der Waals surface area contributed by atoms with E-state index in [1.807, 2.05) is 6.92 Å². The van der Waals surface area contributed by atoms with Crippen LogP contribution in [0.1, 0.15) is 17.0 Å². The number of amides is 1. The van der Waals surface area contributed by atoms with Crippen LogP contribution in [-0.4, -0.2) is 30.6 Å². The number of carbonyl (C=O) groups excluding carboxylic acids is 1. The molecular weight excluding hydrogens is 296 g/mol. The molecule has 0 spiro atoms. The minimum Gasteiger partial charge on any atom is -0.506 e. The Morgan fingerprint density at radius 2 is 2.04 bits per heavy atom. The van der Waals surface area contributed by atoms with Crippen molar-refractivity contribution in [1.29, 1.82) is 0 Å². The number of hydrogen-bond acceptors (Lipinski definition) is 6. The van der Waals surface area contributed by atoms with Crippen LogP contribution in [-0.2, 0) is 11.2 Å². The minimum atomic E-state index is -0.257. The first-order valence-electron chi connectivity index (χ1n) is 7.02. The number of aryl methyl sites for hydroxylation is 2. The minimum absolute atomic E-state index is 0.0203. The van der Waals surface area contributed by atoms with Gasteiger partial charge in [0.2, 0.25) is 11.9 Å². The van der Waals surface area contributed by atoms with Crippen LogP contribution in [0.5, 0.6) is 5.75 Å². The molecule has 8 heteroatoms. The number of rotatable bonds is 3. The lowest BCUT2D eigenvalue weighted by Crippen LogP contribution is -2.17. The Labute approximate surface area is 132 Å². The van der Waals surface area contributed by atoms with Gasteiger partial charge in [0.05, 0.1) is 12.1 Å². The maximum absolute atomic E-state index is 12.3. The number of nitrogens with zero attached hydrogens (tertiary/aromatic N) is 4. The fraction of sp³-hybridized carbons (Fsp3) is 0.200. The van der Waals surface area contributed by atoms with E-state index in [4.69, 9.17) is 5.73 Å². The molecule has 2 heterocycles. The number of nitrogens with two attached hydrogens (primary N) is 1. The largest absolute Gasteiger partial charge is 0.506 e. The second kappa shape index (κ2) is 5.56. The molecule has 0 fully saturated rings. The number of phenols is 1. The van der Waals surface area contributed by atoms with Crippen LogP contribution in [0.25, 0.3) is 5.78 Å². The number of benzene rings is 1. The second-order valence-electron chi connectivity index (χ2n) is 5.19. The molecule has 0 atom stereocenters. The third-order valence-electron chi connectivity index (χ3n) is 3.58. The predicted molar refractivity (Wildman–Crippen MR) is 85.1 cm³/mol. The summed E-state index contributed by atoms with van der Waals surface area (Å²) in [6, 6.07) is 6.56. The van der Waals surface area contributed by atoms with Crippen molar-refractivity contribution in [3.8, 4) is 5.75 Å². The second-order valence-corrected chi connectivity index (χ2v) is 5.19. The summed E-state index contributed by atoms with van der Waals surface area (Å²) in [5.41, 5.74) is 8.15. The summed E-state index contributed by atoms with van der Waals surface area (Å²) in [5.74, 6) is 0.303. The van der Waals surface area contributed by atoms with Crippen LogP contribution >= 0.6 is 0 Å². The van der Waals surface area contributed by atoms with Gasteiger partial charge in [-0.2, -0.15) is 9.50 Å². The average Bonchev–Trinajstić information content (AvgIpc) is 2.86. The summed E-state index contributed by atoms with van der Waals surface area (Å²) in [4.78, 5) is 20.6. The molecule has 0 unspecified atom stereocenters. The first-order chi connectivity index (χ1) is 11.0. The van der Waals surface area contributed by atoms with Gasteiger partial charge in [-0.15, -0.1) is 5.10 Å². The number of nitrogen functional groups attached to an aromatic ring is 1. The van der Waals surface area contributed by atoms with Crippen LogP contribution in [0.15, 0.2) is 24.3 Å². The Morgan fingerprint density at radius 3 is 2.78 bits per heavy atom. The quantitative estimate of drug-likeness (QED) is 0.626. The first-order valence-corrected chi connectivity index (χ1v) is 7.02. The standard InChI is InChI=1S/C15H16N6O2/c1-8-10(9(2)21-15(17-8)19-14(16)20-21)7-13(23)18-11-5-3-4-6-12(11)22/h3-6,22H,7H2,1-2H3,(H2,16,20)(H,18,23). The highest BCUT2D eigenvalue weighted by Gasteiger charge is 2.16. The van der Waals surface area contributed by atoms with Crippen molar-refractivity contribution < 1.29 is 9.90 Å². The Hall–Kier alpha value is -3.16. The van der Waals surface area contributed by atoms with Gasteiger partial charge in [0.1, 0.15) is 5.75 Å². The van der Waals surface area contributed by atoms with Crippen molar-refractivity contribution in [3.05, 3.63) is 41.2 Å². The first kappa shape index (κ1) is 14.8. The molecule has 3 aromatic rings. The molecule has 0 bridgehead atoms. The highest BCUT2D eigenvalue weighted by Crippen LogP contribution is 2.22. The lowest BCUT2D eigenvalue weighted by atomic mass is 10.1. The fourth-order valence-electron chi connectivity index (χ4n) is 2.41. The number of anilines is 2. The topological polar surface area (TPSA) is 118 Å². The normalized spacial score (nSPS) is 10.9. The Balaban J connectivity index is 1.89. The summed E-state index contributed by atoms with van der Waals surface area (Å²) >= 11 is 0. The van der Waals surface area contributed by atoms with Gasteiger partial charge in [0, 0.05) is 17.0 Å². The summed E-state index contributed by atoms with van der Waals surface area (Å²) in [5, 5.41) is 16.5. The van der Waals surface area contributed by atoms with Gasteiger partial charge in [0.15, 0.2) is 0 Å². The molecule has 4 N–H and O–H groups in total. The number of fused-ring (bicyclic) bond motifs is 1. The molecule has 0 radical (unpaired) electrons. The van der Waals surface area contributed by atoms with E-state index in [1.165, 1.54) is 10.6 Å². The smallest absolute Gasteiger partial charge is 0.254 e. The van der Waals surface area contributed by atoms with E-state index < -0.39 is 0 Å². The van der Waals surface area contributed by atoms with E-state index >= 15 is 0 Å². The third kappa shape index (κ3) is 2.78. The predicted octanol–water partition coefficient (Wildman–Crippen LogP) is 1.21. The highest BCUT2D eigenvalue weighted by molar-refractivity contribution is 5.93. The van der Waals surface area contributed by atoms with E-state index in [0.29, 0.717) is 17.2 Å². The van der Waals surface area contributed by atoms with Gasteiger partial charge in [-0.05, 0) is 26.0 Å². The zero-order valence-corrected chi connectivity index (χ0v) is 12.7. The van der Waals surface area contributed by atoms with Crippen LogP contribution in [0, 0.1) is 13.8 Å². The Morgan fingerprint density at radius 1 is 1.30 bits per heavy atom. The average molecular weight is 312 g/mol. The van der Waals surface area contributed by atoms with Crippen molar-refractivity contribution in [2.75, 3.05) is 11.1 Å². The maximum Gasteiger partial charge on any atom is 0.254 e. The lowest BCUT2D eigenvalue weighted by Gasteiger charge is -2.11. The van der Waals surface area contributed by atoms with Crippen LogP contribution in [0.2, 0.25) is 0 Å². The van der Waals surface area contributed by atoms with Crippen LogP contribution in [0.4, 0.5) is 11.6 Å². The van der Waals surface area contributed by atoms with E-state index in [2.05, 4.69) is 20.4 Å². The molecule has 0 aliphatic rings. The van der Waals surface area contributed by atoms with Crippen molar-refractivity contribution in [3.63, 3.8) is 0 Å². The van der Waals surface area contributed by atoms with E-state index in [1.54, 1.807) is 25.1 Å². The number of phenolic OH excluding ortho intramolecular Hbond substituents is 1. The lowest BCUT2D eigenvalue weighted by molar-refractivity contribution is -0.115. The van der Waals surface area contributed by atoms with Gasteiger partial charge in [-0.25, -0.2) is 4.98 Å². The van der Waals surface area contributed by atoms with Crippen molar-refractivity contribution in [2.24, 2.45) is 0 Å². The summed E-state index contributed by atoms with van der Waals surface area (Å²) in [6.07, 6.45) is 0.106. The molecule has 0 saturated heterocycles. The van der Waals surface area contributed by atoms with Crippen LogP contribution < -0.4 is 11.1 Å². The van der Waals surface area contributed by atoms with Gasteiger partial charge in [0.25, 0.3) is 5.78 Å². The number of para-hydroxylation sites is 2. The molecule has 2 aromatic heterocycles. The Bertz CT molecular complexity index is 902. The number of hydrogen-bond donors (Lipinski definition) is 3. The highest BCUT2D eigenvalue weighted by atomic mass is 16.3. The van der Waals surface area contributed by atoms with Crippen molar-refractivity contribution in [1.82, 2.24) is 19.6 Å². The SMILES string of the molecule is Cc1nc2nc(N)nn2c(C)c1CC(=O)Nc1ccccc1O. The molecule has 1 aromatic carbocycles. The summed E-state index contributed by atoms with van der Waals surface area (Å²) < 4.78 is 1.52. The molecule has 0 aliphatic carbocycles. The van der Waals surface area contributed by atoms with Gasteiger partial charge >= 0.3 is 0 Å². The Kier molecular flexibility index (Phi) is 3.57. The molecule has 23 heavy (non-hydrogen) atoms. The number of aromatic nitrogens is 4. The number of nitrogens with one attached hydrogen (secondary N) is 1. The van der Waals surface area contributed by atoms with Gasteiger partial charge in [-0.3, -0.25) is 4.79 Å². The molecule has 0 aliphatic heterocycles. The van der Waals surface area contributed by atoms with Gasteiger partial charge in [-0.1, -0.05) is 12.1 Å². The number of aromatic hydroxyl groups is 1. The fourth-order valence-corrected chi connectivity index (χ4v) is 2.41.